The van der Waals surface area contributed by atoms with E-state index in [9.17, 15) is 19.2 Å². The lowest BCUT2D eigenvalue weighted by atomic mass is 10.1. The number of carbonyl (C=O) groups excluding carboxylic acids is 4. The lowest BCUT2D eigenvalue weighted by Crippen LogP contribution is -2.42. The van der Waals surface area contributed by atoms with E-state index in [4.69, 9.17) is 9.47 Å². The van der Waals surface area contributed by atoms with Crippen molar-refractivity contribution < 1.29 is 28.7 Å². The molecule has 0 aromatic heterocycles. The molecular weight excluding hydrogens is 438 g/mol. The number of unbranched alkanes of at least 4 members (excludes halogenated alkanes) is 1. The molecule has 34 heavy (non-hydrogen) atoms. The van der Waals surface area contributed by atoms with Gasteiger partial charge in [-0.15, -0.1) is 0 Å². The number of hydrogen-bond donors (Lipinski definition) is 2. The lowest BCUT2D eigenvalue weighted by Gasteiger charge is -2.14. The number of hydrogen-bond acceptors (Lipinski definition) is 6. The van der Waals surface area contributed by atoms with Gasteiger partial charge in [0.25, 0.3) is 17.7 Å². The summed E-state index contributed by atoms with van der Waals surface area (Å²) in [5.74, 6) is -0.695. The summed E-state index contributed by atoms with van der Waals surface area (Å²) in [6.45, 7) is 4.58. The molecule has 0 atom stereocenters. The normalized spacial score (nSPS) is 12.4. The molecule has 0 bridgehead atoms. The number of rotatable bonds is 10. The van der Waals surface area contributed by atoms with Crippen molar-refractivity contribution in [2.75, 3.05) is 20.3 Å². The highest BCUT2D eigenvalue weighted by atomic mass is 16.5. The van der Waals surface area contributed by atoms with Gasteiger partial charge in [0.1, 0.15) is 0 Å². The molecule has 9 heteroatoms. The van der Waals surface area contributed by atoms with Crippen molar-refractivity contribution in [3.8, 4) is 11.5 Å². The highest BCUT2D eigenvalue weighted by Crippen LogP contribution is 2.28. The molecule has 0 saturated heterocycles. The third-order valence-corrected chi connectivity index (χ3v) is 5.41. The second-order valence-corrected chi connectivity index (χ2v) is 7.98. The summed E-state index contributed by atoms with van der Waals surface area (Å²) in [6.07, 6.45) is 2.20. The van der Waals surface area contributed by atoms with Gasteiger partial charge in [-0.25, -0.2) is 0 Å². The summed E-state index contributed by atoms with van der Waals surface area (Å²) in [7, 11) is 1.49. The Hall–Kier alpha value is -3.88. The third-order valence-electron chi connectivity index (χ3n) is 5.41. The third kappa shape index (κ3) is 5.72. The maximum atomic E-state index is 12.5. The van der Waals surface area contributed by atoms with Gasteiger partial charge in [0.2, 0.25) is 5.91 Å². The molecule has 0 spiro atoms. The molecule has 3 rings (SSSR count). The highest BCUT2D eigenvalue weighted by Gasteiger charge is 2.34. The van der Waals surface area contributed by atoms with Gasteiger partial charge < -0.3 is 9.47 Å². The number of methoxy groups -OCH3 is 1. The second-order valence-electron chi connectivity index (χ2n) is 7.98. The van der Waals surface area contributed by atoms with Gasteiger partial charge in [-0.3, -0.25) is 34.9 Å². The Morgan fingerprint density at radius 3 is 2.44 bits per heavy atom. The van der Waals surface area contributed by atoms with Crippen LogP contribution in [0.2, 0.25) is 0 Å². The van der Waals surface area contributed by atoms with E-state index in [1.54, 1.807) is 30.3 Å². The SMILES string of the molecule is CCCCOc1ccc(C(=O)NNC(=O)CCCN2C(=O)c3ccc(C)cc3C2=O)cc1OC. The van der Waals surface area contributed by atoms with Gasteiger partial charge in [-0.1, -0.05) is 25.0 Å². The zero-order chi connectivity index (χ0) is 24.7. The number of benzene rings is 2. The van der Waals surface area contributed by atoms with Crippen LogP contribution in [0.15, 0.2) is 36.4 Å². The minimum atomic E-state index is -0.512. The predicted octanol–water partition coefficient (Wildman–Crippen LogP) is 3.02. The van der Waals surface area contributed by atoms with Gasteiger partial charge in [0.05, 0.1) is 24.8 Å². The minimum absolute atomic E-state index is 0.0280. The van der Waals surface area contributed by atoms with Crippen LogP contribution in [0.4, 0.5) is 0 Å². The molecule has 1 heterocycles. The van der Waals surface area contributed by atoms with E-state index in [1.807, 2.05) is 6.92 Å². The number of hydrazine groups is 1. The van der Waals surface area contributed by atoms with Crippen molar-refractivity contribution in [2.24, 2.45) is 0 Å². The molecule has 2 aromatic carbocycles. The van der Waals surface area contributed by atoms with E-state index in [0.29, 0.717) is 34.8 Å². The molecular formula is C25H29N3O6. The zero-order valence-electron chi connectivity index (χ0n) is 19.6. The van der Waals surface area contributed by atoms with E-state index in [-0.39, 0.29) is 31.2 Å². The Labute approximate surface area is 198 Å². The highest BCUT2D eigenvalue weighted by molar-refractivity contribution is 6.21. The lowest BCUT2D eigenvalue weighted by molar-refractivity contribution is -0.122. The standard InChI is InChI=1S/C25H29N3O6/c1-4-5-13-34-20-11-9-17(15-21(20)33-3)23(30)27-26-22(29)7-6-12-28-24(31)18-10-8-16(2)14-19(18)25(28)32/h8-11,14-15H,4-7,12-13H2,1-3H3,(H,26,29)(H,27,30). The number of carbonyl (C=O) groups is 4. The van der Waals surface area contributed by atoms with Crippen molar-refractivity contribution >= 4 is 23.6 Å². The minimum Gasteiger partial charge on any atom is -0.493 e. The second kappa shape index (κ2) is 11.3. The summed E-state index contributed by atoms with van der Waals surface area (Å²) >= 11 is 0. The first-order valence-electron chi connectivity index (χ1n) is 11.2. The van der Waals surface area contributed by atoms with E-state index < -0.39 is 11.8 Å². The first-order valence-corrected chi connectivity index (χ1v) is 11.2. The maximum absolute atomic E-state index is 12.5. The largest absolute Gasteiger partial charge is 0.493 e. The number of ether oxygens (including phenoxy) is 2. The first kappa shape index (κ1) is 24.8. The molecule has 1 aliphatic rings. The van der Waals surface area contributed by atoms with Crippen LogP contribution in [-0.2, 0) is 4.79 Å². The molecule has 0 fully saturated rings. The number of nitrogens with one attached hydrogen (secondary N) is 2. The molecule has 0 unspecified atom stereocenters. The monoisotopic (exact) mass is 467 g/mol. The van der Waals surface area contributed by atoms with Crippen LogP contribution in [0.1, 0.15) is 69.2 Å². The summed E-state index contributed by atoms with van der Waals surface area (Å²) in [5.41, 5.74) is 6.66. The van der Waals surface area contributed by atoms with Crippen LogP contribution >= 0.6 is 0 Å². The van der Waals surface area contributed by atoms with E-state index in [2.05, 4.69) is 17.8 Å². The van der Waals surface area contributed by atoms with Gasteiger partial charge in [0, 0.05) is 18.5 Å². The van der Waals surface area contributed by atoms with Gasteiger partial charge in [-0.05, 0) is 50.1 Å². The Morgan fingerprint density at radius 1 is 0.941 bits per heavy atom. The van der Waals surface area contributed by atoms with E-state index >= 15 is 0 Å². The maximum Gasteiger partial charge on any atom is 0.269 e. The van der Waals surface area contributed by atoms with Crippen molar-refractivity contribution in [2.45, 2.75) is 39.5 Å². The van der Waals surface area contributed by atoms with E-state index in [0.717, 1.165) is 23.3 Å². The number of amides is 4. The predicted molar refractivity (Wildman–Crippen MR) is 125 cm³/mol. The molecule has 0 saturated carbocycles. The van der Waals surface area contributed by atoms with E-state index in [1.165, 1.54) is 13.2 Å². The Bertz CT molecular complexity index is 1100. The van der Waals surface area contributed by atoms with Crippen molar-refractivity contribution in [1.82, 2.24) is 15.8 Å². The smallest absolute Gasteiger partial charge is 0.269 e. The van der Waals surface area contributed by atoms with Crippen LogP contribution in [0.25, 0.3) is 0 Å². The zero-order valence-corrected chi connectivity index (χ0v) is 19.6. The number of nitrogens with zero attached hydrogens (tertiary/aromatic N) is 1. The average molecular weight is 468 g/mol. The summed E-state index contributed by atoms with van der Waals surface area (Å²) in [5, 5.41) is 0. The Kier molecular flexibility index (Phi) is 8.24. The Balaban J connectivity index is 1.46. The van der Waals surface area contributed by atoms with Crippen molar-refractivity contribution in [3.63, 3.8) is 0 Å². The summed E-state index contributed by atoms with van der Waals surface area (Å²) < 4.78 is 10.9. The van der Waals surface area contributed by atoms with Crippen LogP contribution in [0, 0.1) is 6.92 Å². The Morgan fingerprint density at radius 2 is 1.71 bits per heavy atom. The fourth-order valence-corrected chi connectivity index (χ4v) is 3.52. The van der Waals surface area contributed by atoms with Crippen LogP contribution < -0.4 is 20.3 Å². The molecule has 1 aliphatic heterocycles. The fraction of sp³-hybridized carbons (Fsp3) is 0.360. The molecule has 4 amide bonds. The quantitative estimate of drug-likeness (QED) is 0.315. The fourth-order valence-electron chi connectivity index (χ4n) is 3.52. The van der Waals surface area contributed by atoms with Gasteiger partial charge in [0.15, 0.2) is 11.5 Å². The molecule has 0 radical (unpaired) electrons. The number of imide groups is 1. The van der Waals surface area contributed by atoms with Crippen molar-refractivity contribution in [1.29, 1.82) is 0 Å². The number of aryl methyl sites for hydroxylation is 1. The molecule has 9 nitrogen and oxygen atoms in total. The van der Waals surface area contributed by atoms with Crippen molar-refractivity contribution in [3.05, 3.63) is 58.7 Å². The number of fused-ring (bicyclic) bond motifs is 1. The van der Waals surface area contributed by atoms with Crippen LogP contribution in [0.5, 0.6) is 11.5 Å². The average Bonchev–Trinajstić information content (AvgIpc) is 3.06. The topological polar surface area (TPSA) is 114 Å². The molecule has 2 aromatic rings. The van der Waals surface area contributed by atoms with Gasteiger partial charge >= 0.3 is 0 Å². The summed E-state index contributed by atoms with van der Waals surface area (Å²) in [6, 6.07) is 9.88. The molecule has 180 valence electrons. The molecule has 0 aliphatic carbocycles. The first-order chi connectivity index (χ1) is 16.3. The van der Waals surface area contributed by atoms with Gasteiger partial charge in [-0.2, -0.15) is 0 Å². The van der Waals surface area contributed by atoms with Crippen LogP contribution in [0.3, 0.4) is 0 Å². The van der Waals surface area contributed by atoms with Crippen LogP contribution in [-0.4, -0.2) is 48.8 Å². The molecule has 2 N–H and O–H groups in total. The summed E-state index contributed by atoms with van der Waals surface area (Å²) in [4.78, 5) is 50.6.